The van der Waals surface area contributed by atoms with E-state index in [1.54, 1.807) is 0 Å². The fourth-order valence-electron chi connectivity index (χ4n) is 0.752. The molecular formula is C6HClF12. The summed E-state index contributed by atoms with van der Waals surface area (Å²) in [5.41, 5.74) is 0. The average Bonchev–Trinajstić information content (AvgIpc) is 2.12. The molecule has 0 bridgehead atoms. The lowest BCUT2D eigenvalue weighted by Crippen LogP contribution is -2.65. The van der Waals surface area contributed by atoms with Crippen LogP contribution >= 0.6 is 11.6 Å². The molecular weight excluding hydrogens is 335 g/mol. The van der Waals surface area contributed by atoms with Crippen LogP contribution < -0.4 is 0 Å². The molecule has 0 aromatic rings. The lowest BCUT2D eigenvalue weighted by Gasteiger charge is -2.36. The van der Waals surface area contributed by atoms with Gasteiger partial charge in [-0.2, -0.15) is 43.9 Å². The zero-order chi connectivity index (χ0) is 16.1. The minimum Gasteiger partial charge on any atom is -0.230 e. The quantitative estimate of drug-likeness (QED) is 0.521. The van der Waals surface area contributed by atoms with Gasteiger partial charge in [0.2, 0.25) is 0 Å². The molecule has 116 valence electrons. The summed E-state index contributed by atoms with van der Waals surface area (Å²) in [5.74, 6) is -14.3. The van der Waals surface area contributed by atoms with Crippen molar-refractivity contribution in [2.75, 3.05) is 0 Å². The third-order valence-electron chi connectivity index (χ3n) is 1.77. The Labute approximate surface area is 101 Å². The highest BCUT2D eigenvalue weighted by molar-refractivity contribution is 6.24. The van der Waals surface area contributed by atoms with Gasteiger partial charge in [0, 0.05) is 0 Å². The van der Waals surface area contributed by atoms with Crippen molar-refractivity contribution >= 4 is 11.6 Å². The van der Waals surface area contributed by atoms with E-state index in [1.165, 1.54) is 0 Å². The monoisotopic (exact) mass is 336 g/mol. The highest BCUT2D eigenvalue weighted by atomic mass is 35.5. The van der Waals surface area contributed by atoms with Crippen LogP contribution in [0.5, 0.6) is 0 Å². The van der Waals surface area contributed by atoms with Gasteiger partial charge in [-0.1, -0.05) is 11.6 Å². The zero-order valence-corrected chi connectivity index (χ0v) is 8.75. The van der Waals surface area contributed by atoms with Crippen LogP contribution in [0.1, 0.15) is 0 Å². The second-order valence-corrected chi connectivity index (χ2v) is 3.69. The van der Waals surface area contributed by atoms with Crippen LogP contribution in [0.25, 0.3) is 0 Å². The first-order chi connectivity index (χ1) is 7.90. The number of hydrogen-bond acceptors (Lipinski definition) is 0. The maximum absolute atomic E-state index is 12.5. The van der Waals surface area contributed by atoms with Gasteiger partial charge in [0.05, 0.1) is 0 Å². The predicted molar refractivity (Wildman–Crippen MR) is 36.6 cm³/mol. The van der Waals surface area contributed by atoms with E-state index in [4.69, 9.17) is 0 Å². The SMILES string of the molecule is FC(C(F)(F)F)C(F)(F)C(F)(F)C(F)(Cl)C(F)(F)F. The Hall–Kier alpha value is -0.550. The van der Waals surface area contributed by atoms with Gasteiger partial charge in [0.1, 0.15) is 0 Å². The van der Waals surface area contributed by atoms with Gasteiger partial charge in [-0.25, -0.2) is 8.78 Å². The Bertz CT molecular complexity index is 324. The van der Waals surface area contributed by atoms with E-state index in [-0.39, 0.29) is 0 Å². The molecule has 2 atom stereocenters. The number of hydrogen-bond donors (Lipinski definition) is 0. The minimum atomic E-state index is -7.20. The highest BCUT2D eigenvalue weighted by Crippen LogP contribution is 2.57. The molecule has 19 heavy (non-hydrogen) atoms. The molecule has 0 saturated heterocycles. The van der Waals surface area contributed by atoms with Crippen molar-refractivity contribution in [1.82, 2.24) is 0 Å². The maximum Gasteiger partial charge on any atom is 0.443 e. The van der Waals surface area contributed by atoms with E-state index in [0.717, 1.165) is 0 Å². The Morgan fingerprint density at radius 2 is 1.00 bits per heavy atom. The lowest BCUT2D eigenvalue weighted by atomic mass is 10.0. The topological polar surface area (TPSA) is 0 Å². The average molecular weight is 337 g/mol. The molecule has 0 radical (unpaired) electrons. The fourth-order valence-corrected chi connectivity index (χ4v) is 0.878. The van der Waals surface area contributed by atoms with E-state index < -0.39 is 35.5 Å². The van der Waals surface area contributed by atoms with Gasteiger partial charge >= 0.3 is 29.3 Å². The second kappa shape index (κ2) is 4.48. The standard InChI is InChI=1S/C6HClF12/c7-4(14,6(17,18)19)5(15,16)2(9,10)1(8)3(11,12)13/h1H. The molecule has 0 aliphatic rings. The molecule has 0 spiro atoms. The largest absolute Gasteiger partial charge is 0.443 e. The summed E-state index contributed by atoms with van der Waals surface area (Å²) in [5, 5.41) is -6.58. The van der Waals surface area contributed by atoms with Crippen molar-refractivity contribution in [2.45, 2.75) is 35.5 Å². The van der Waals surface area contributed by atoms with Crippen molar-refractivity contribution in [2.24, 2.45) is 0 Å². The van der Waals surface area contributed by atoms with Crippen LogP contribution in [0.4, 0.5) is 52.7 Å². The van der Waals surface area contributed by atoms with Crippen LogP contribution in [0.2, 0.25) is 0 Å². The van der Waals surface area contributed by atoms with Crippen LogP contribution in [0, 0.1) is 0 Å². The summed E-state index contributed by atoms with van der Waals surface area (Å²) in [6.07, 6.45) is -19.3. The molecule has 0 fully saturated rings. The first-order valence-corrected chi connectivity index (χ1v) is 4.19. The fraction of sp³-hybridized carbons (Fsp3) is 1.00. The Balaban J connectivity index is 5.78. The third-order valence-corrected chi connectivity index (χ3v) is 2.23. The highest BCUT2D eigenvalue weighted by Gasteiger charge is 2.84. The van der Waals surface area contributed by atoms with Crippen molar-refractivity contribution in [1.29, 1.82) is 0 Å². The zero-order valence-electron chi connectivity index (χ0n) is 7.99. The Morgan fingerprint density at radius 1 is 0.684 bits per heavy atom. The first kappa shape index (κ1) is 18.4. The van der Waals surface area contributed by atoms with E-state index in [1.807, 2.05) is 0 Å². The van der Waals surface area contributed by atoms with Gasteiger partial charge in [-0.15, -0.1) is 0 Å². The molecule has 0 nitrogen and oxygen atoms in total. The Kier molecular flexibility index (Phi) is 4.35. The molecule has 0 heterocycles. The van der Waals surface area contributed by atoms with Gasteiger partial charge in [0.15, 0.2) is 0 Å². The lowest BCUT2D eigenvalue weighted by molar-refractivity contribution is -0.359. The third kappa shape index (κ3) is 2.82. The van der Waals surface area contributed by atoms with Gasteiger partial charge in [0.25, 0.3) is 6.17 Å². The van der Waals surface area contributed by atoms with E-state index in [9.17, 15) is 52.7 Å². The number of halogens is 13. The van der Waals surface area contributed by atoms with Crippen molar-refractivity contribution < 1.29 is 52.7 Å². The summed E-state index contributed by atoms with van der Waals surface area (Å²) < 4.78 is 144. The molecule has 13 heteroatoms. The van der Waals surface area contributed by atoms with Crippen LogP contribution in [-0.2, 0) is 0 Å². The molecule has 0 aliphatic heterocycles. The number of rotatable bonds is 3. The number of alkyl halides is 13. The molecule has 0 N–H and O–H groups in total. The van der Waals surface area contributed by atoms with Gasteiger partial charge in [-0.3, -0.25) is 0 Å². The maximum atomic E-state index is 12.5. The first-order valence-electron chi connectivity index (χ1n) is 3.81. The molecule has 0 amide bonds. The molecule has 0 aromatic carbocycles. The van der Waals surface area contributed by atoms with Gasteiger partial charge in [-0.05, 0) is 0 Å². The minimum absolute atomic E-state index is 3.53. The van der Waals surface area contributed by atoms with E-state index >= 15 is 0 Å². The molecule has 0 aromatic heterocycles. The molecule has 2 unspecified atom stereocenters. The normalized spacial score (nSPS) is 20.1. The smallest absolute Gasteiger partial charge is 0.230 e. The van der Waals surface area contributed by atoms with E-state index in [2.05, 4.69) is 11.6 Å². The summed E-state index contributed by atoms with van der Waals surface area (Å²) in [7, 11) is 0. The predicted octanol–water partition coefficient (Wildman–Crippen LogP) is 4.62. The second-order valence-electron chi connectivity index (χ2n) is 3.17. The molecule has 0 aliphatic carbocycles. The Morgan fingerprint density at radius 3 is 1.21 bits per heavy atom. The van der Waals surface area contributed by atoms with Crippen LogP contribution in [-0.4, -0.2) is 35.5 Å². The van der Waals surface area contributed by atoms with Crippen molar-refractivity contribution in [3.63, 3.8) is 0 Å². The summed E-state index contributed by atoms with van der Waals surface area (Å²) >= 11 is 3.53. The van der Waals surface area contributed by atoms with E-state index in [0.29, 0.717) is 0 Å². The summed E-state index contributed by atoms with van der Waals surface area (Å²) in [4.78, 5) is 0. The van der Waals surface area contributed by atoms with Crippen LogP contribution in [0.3, 0.4) is 0 Å². The summed E-state index contributed by atoms with van der Waals surface area (Å²) in [6.45, 7) is 0. The van der Waals surface area contributed by atoms with Crippen LogP contribution in [0.15, 0.2) is 0 Å². The molecule has 0 saturated carbocycles. The van der Waals surface area contributed by atoms with Crippen molar-refractivity contribution in [3.8, 4) is 0 Å². The summed E-state index contributed by atoms with van der Waals surface area (Å²) in [6, 6.07) is 0. The van der Waals surface area contributed by atoms with Gasteiger partial charge < -0.3 is 0 Å². The van der Waals surface area contributed by atoms with Crippen molar-refractivity contribution in [3.05, 3.63) is 0 Å². The molecule has 0 rings (SSSR count).